The van der Waals surface area contributed by atoms with Crippen molar-refractivity contribution >= 4 is 17.3 Å². The summed E-state index contributed by atoms with van der Waals surface area (Å²) in [5, 5.41) is 17.6. The molecule has 1 aliphatic rings. The maximum absolute atomic E-state index is 12.8. The molecule has 1 fully saturated rings. The van der Waals surface area contributed by atoms with Crippen molar-refractivity contribution in [2.75, 3.05) is 5.32 Å². The lowest BCUT2D eigenvalue weighted by Gasteiger charge is -2.34. The number of alkyl halides is 2. The summed E-state index contributed by atoms with van der Waals surface area (Å²) in [6.45, 7) is 1.84. The fraction of sp³-hybridized carbons (Fsp3) is 0.500. The molecule has 5 nitrogen and oxygen atoms in total. The molecule has 8 heteroatoms. The molecule has 0 atom stereocenters. The molecule has 0 unspecified atom stereocenters. The highest BCUT2D eigenvalue weighted by Crippen LogP contribution is 2.31. The Morgan fingerprint density at radius 3 is 2.75 bits per heavy atom. The summed E-state index contributed by atoms with van der Waals surface area (Å²) in [6, 6.07) is 3.11. The Balaban J connectivity index is 1.83. The standard InChI is InChI=1S/C16H19ClF2N4O/c1-16(24)5-2-10(3-6-16)21-12-8-14(17)20-9-13(12)23-7-4-11(22-23)15(18)19/h4,7-10,15,24H,2-3,5-6H2,1H3,(H,20,21). The van der Waals surface area contributed by atoms with Gasteiger partial charge in [-0.2, -0.15) is 5.10 Å². The van der Waals surface area contributed by atoms with Crippen LogP contribution in [0.2, 0.25) is 5.15 Å². The first-order chi connectivity index (χ1) is 11.3. The number of hydrogen-bond donors (Lipinski definition) is 2. The molecule has 24 heavy (non-hydrogen) atoms. The minimum Gasteiger partial charge on any atom is -0.390 e. The summed E-state index contributed by atoms with van der Waals surface area (Å²) < 4.78 is 26.9. The maximum atomic E-state index is 12.8. The molecule has 0 radical (unpaired) electrons. The van der Waals surface area contributed by atoms with E-state index in [0.29, 0.717) is 29.4 Å². The second kappa shape index (κ2) is 6.64. The molecule has 2 N–H and O–H groups in total. The van der Waals surface area contributed by atoms with Crippen LogP contribution in [0.3, 0.4) is 0 Å². The van der Waals surface area contributed by atoms with Crippen molar-refractivity contribution in [1.82, 2.24) is 14.8 Å². The first-order valence-electron chi connectivity index (χ1n) is 7.83. The topological polar surface area (TPSA) is 63.0 Å². The van der Waals surface area contributed by atoms with Gasteiger partial charge in [-0.3, -0.25) is 0 Å². The van der Waals surface area contributed by atoms with E-state index in [9.17, 15) is 13.9 Å². The maximum Gasteiger partial charge on any atom is 0.282 e. The van der Waals surface area contributed by atoms with Crippen molar-refractivity contribution < 1.29 is 13.9 Å². The monoisotopic (exact) mass is 356 g/mol. The minimum atomic E-state index is -2.62. The van der Waals surface area contributed by atoms with Crippen LogP contribution in [0.5, 0.6) is 0 Å². The number of pyridine rings is 1. The Morgan fingerprint density at radius 2 is 2.12 bits per heavy atom. The smallest absolute Gasteiger partial charge is 0.282 e. The van der Waals surface area contributed by atoms with E-state index in [1.165, 1.54) is 23.1 Å². The quantitative estimate of drug-likeness (QED) is 0.814. The van der Waals surface area contributed by atoms with Crippen molar-refractivity contribution in [1.29, 1.82) is 0 Å². The van der Waals surface area contributed by atoms with E-state index in [2.05, 4.69) is 15.4 Å². The molecular formula is C16H19ClF2N4O. The molecular weight excluding hydrogens is 338 g/mol. The van der Waals surface area contributed by atoms with Gasteiger partial charge in [-0.25, -0.2) is 18.4 Å². The number of aliphatic hydroxyl groups is 1. The van der Waals surface area contributed by atoms with E-state index in [4.69, 9.17) is 11.6 Å². The Kier molecular flexibility index (Phi) is 4.73. The van der Waals surface area contributed by atoms with Crippen LogP contribution in [0.4, 0.5) is 14.5 Å². The zero-order valence-electron chi connectivity index (χ0n) is 13.2. The second-order valence-corrected chi connectivity index (χ2v) is 6.81. The third-order valence-electron chi connectivity index (χ3n) is 4.35. The zero-order valence-corrected chi connectivity index (χ0v) is 14.0. The molecule has 0 spiro atoms. The molecule has 0 saturated heterocycles. The lowest BCUT2D eigenvalue weighted by Crippen LogP contribution is -2.35. The van der Waals surface area contributed by atoms with E-state index in [-0.39, 0.29) is 11.7 Å². The summed E-state index contributed by atoms with van der Waals surface area (Å²) in [7, 11) is 0. The van der Waals surface area contributed by atoms with Gasteiger partial charge in [0.1, 0.15) is 16.5 Å². The van der Waals surface area contributed by atoms with Crippen molar-refractivity contribution in [3.8, 4) is 5.69 Å². The number of anilines is 1. The third kappa shape index (κ3) is 3.84. The molecule has 3 rings (SSSR count). The number of nitrogens with one attached hydrogen (secondary N) is 1. The van der Waals surface area contributed by atoms with Crippen LogP contribution in [-0.4, -0.2) is 31.5 Å². The van der Waals surface area contributed by atoms with Crippen molar-refractivity contribution in [2.45, 2.75) is 50.7 Å². The minimum absolute atomic E-state index is 0.174. The number of rotatable bonds is 4. The molecule has 0 amide bonds. The van der Waals surface area contributed by atoms with Gasteiger partial charge in [-0.05, 0) is 38.7 Å². The molecule has 1 aliphatic carbocycles. The number of hydrogen-bond acceptors (Lipinski definition) is 4. The summed E-state index contributed by atoms with van der Waals surface area (Å²) in [5.41, 5.74) is 0.337. The van der Waals surface area contributed by atoms with Crippen molar-refractivity contribution in [2.24, 2.45) is 0 Å². The predicted octanol–water partition coefficient (Wildman–Crippen LogP) is 3.96. The van der Waals surface area contributed by atoms with Crippen LogP contribution in [0, 0.1) is 0 Å². The second-order valence-electron chi connectivity index (χ2n) is 6.43. The Labute approximate surface area is 143 Å². The summed E-state index contributed by atoms with van der Waals surface area (Å²) >= 11 is 5.98. The van der Waals surface area contributed by atoms with E-state index in [1.807, 2.05) is 6.92 Å². The molecule has 1 saturated carbocycles. The van der Waals surface area contributed by atoms with Gasteiger partial charge in [0, 0.05) is 18.3 Å². The molecule has 130 valence electrons. The van der Waals surface area contributed by atoms with E-state index in [1.54, 1.807) is 6.07 Å². The van der Waals surface area contributed by atoms with Gasteiger partial charge < -0.3 is 10.4 Å². The highest BCUT2D eigenvalue weighted by molar-refractivity contribution is 6.29. The number of aromatic nitrogens is 3. The van der Waals surface area contributed by atoms with Gasteiger partial charge in [0.2, 0.25) is 0 Å². The van der Waals surface area contributed by atoms with E-state index >= 15 is 0 Å². The van der Waals surface area contributed by atoms with E-state index < -0.39 is 12.0 Å². The highest BCUT2D eigenvalue weighted by atomic mass is 35.5. The highest BCUT2D eigenvalue weighted by Gasteiger charge is 2.29. The Bertz CT molecular complexity index is 710. The molecule has 2 heterocycles. The lowest BCUT2D eigenvalue weighted by molar-refractivity contribution is 0.0196. The average molecular weight is 357 g/mol. The Morgan fingerprint density at radius 1 is 1.42 bits per heavy atom. The first kappa shape index (κ1) is 17.1. The number of halogens is 3. The van der Waals surface area contributed by atoms with Gasteiger partial charge in [-0.1, -0.05) is 11.6 Å². The van der Waals surface area contributed by atoms with Gasteiger partial charge in [0.15, 0.2) is 0 Å². The predicted molar refractivity (Wildman–Crippen MR) is 87.8 cm³/mol. The molecule has 0 aromatic carbocycles. The molecule has 0 aliphatic heterocycles. The fourth-order valence-electron chi connectivity index (χ4n) is 2.91. The largest absolute Gasteiger partial charge is 0.390 e. The summed E-state index contributed by atoms with van der Waals surface area (Å²) in [6.07, 6.45) is 3.40. The van der Waals surface area contributed by atoms with Crippen LogP contribution in [0.25, 0.3) is 5.69 Å². The molecule has 2 aromatic rings. The van der Waals surface area contributed by atoms with Gasteiger partial charge in [0.05, 0.1) is 17.5 Å². The van der Waals surface area contributed by atoms with Crippen LogP contribution in [0.15, 0.2) is 24.5 Å². The molecule has 0 bridgehead atoms. The normalized spacial score (nSPS) is 24.3. The lowest BCUT2D eigenvalue weighted by atomic mass is 9.83. The summed E-state index contributed by atoms with van der Waals surface area (Å²) in [5.74, 6) is 0. The Hall–Kier alpha value is -1.73. The van der Waals surface area contributed by atoms with Crippen molar-refractivity contribution in [3.05, 3.63) is 35.4 Å². The van der Waals surface area contributed by atoms with Crippen LogP contribution >= 0.6 is 11.6 Å². The van der Waals surface area contributed by atoms with Crippen LogP contribution < -0.4 is 5.32 Å². The van der Waals surface area contributed by atoms with Crippen LogP contribution in [0.1, 0.15) is 44.7 Å². The average Bonchev–Trinajstić information content (AvgIpc) is 2.99. The van der Waals surface area contributed by atoms with Gasteiger partial charge in [-0.15, -0.1) is 0 Å². The summed E-state index contributed by atoms with van der Waals surface area (Å²) in [4.78, 5) is 4.02. The zero-order chi connectivity index (χ0) is 17.3. The third-order valence-corrected chi connectivity index (χ3v) is 4.56. The number of nitrogens with zero attached hydrogens (tertiary/aromatic N) is 3. The van der Waals surface area contributed by atoms with Crippen molar-refractivity contribution in [3.63, 3.8) is 0 Å². The van der Waals surface area contributed by atoms with Gasteiger partial charge >= 0.3 is 0 Å². The van der Waals surface area contributed by atoms with E-state index in [0.717, 1.165) is 12.8 Å². The van der Waals surface area contributed by atoms with Gasteiger partial charge in [0.25, 0.3) is 6.43 Å². The molecule has 2 aromatic heterocycles. The SMILES string of the molecule is CC1(O)CCC(Nc2cc(Cl)ncc2-n2ccc(C(F)F)n2)CC1. The fourth-order valence-corrected chi connectivity index (χ4v) is 3.07. The van der Waals surface area contributed by atoms with Crippen LogP contribution in [-0.2, 0) is 0 Å². The first-order valence-corrected chi connectivity index (χ1v) is 8.20.